The van der Waals surface area contributed by atoms with Crippen LogP contribution >= 0.6 is 0 Å². The second-order valence-corrected chi connectivity index (χ2v) is 8.32. The fourth-order valence-corrected chi connectivity index (χ4v) is 3.96. The minimum atomic E-state index is -0.0479. The molecule has 0 aromatic heterocycles. The molecule has 1 aliphatic heterocycles. The molecule has 0 saturated carbocycles. The highest BCUT2D eigenvalue weighted by molar-refractivity contribution is 5.97. The molecule has 1 heterocycles. The van der Waals surface area contributed by atoms with Gasteiger partial charge >= 0.3 is 0 Å². The third-order valence-corrected chi connectivity index (χ3v) is 5.86. The summed E-state index contributed by atoms with van der Waals surface area (Å²) < 4.78 is 6.10. The van der Waals surface area contributed by atoms with Crippen molar-refractivity contribution in [3.63, 3.8) is 0 Å². The summed E-state index contributed by atoms with van der Waals surface area (Å²) in [6.45, 7) is 7.59. The number of rotatable bonds is 5. The van der Waals surface area contributed by atoms with Gasteiger partial charge in [0.1, 0.15) is 12.4 Å². The second kappa shape index (κ2) is 11.7. The lowest BCUT2D eigenvalue weighted by molar-refractivity contribution is 0.0772. The van der Waals surface area contributed by atoms with E-state index < -0.39 is 0 Å². The van der Waals surface area contributed by atoms with Crippen LogP contribution in [0, 0.1) is 0 Å². The Morgan fingerprint density at radius 2 is 1.64 bits per heavy atom. The molecule has 0 fully saturated rings. The molecule has 0 spiro atoms. The number of benzene rings is 2. The molecule has 2 amide bonds. The summed E-state index contributed by atoms with van der Waals surface area (Å²) in [6, 6.07) is 13.4. The minimum absolute atomic E-state index is 0.0386. The van der Waals surface area contributed by atoms with Gasteiger partial charge in [-0.2, -0.15) is 0 Å². The van der Waals surface area contributed by atoms with Crippen LogP contribution in [-0.2, 0) is 0 Å². The highest BCUT2D eigenvalue weighted by atomic mass is 16.5. The fraction of sp³-hybridized carbons (Fsp3) is 0.407. The molecule has 1 aliphatic rings. The van der Waals surface area contributed by atoms with Crippen molar-refractivity contribution in [2.75, 3.05) is 46.9 Å². The summed E-state index contributed by atoms with van der Waals surface area (Å²) >= 11 is 0. The number of nitrogens with one attached hydrogen (secondary N) is 1. The van der Waals surface area contributed by atoms with E-state index in [4.69, 9.17) is 4.74 Å². The van der Waals surface area contributed by atoms with Gasteiger partial charge in [-0.25, -0.2) is 0 Å². The third-order valence-electron chi connectivity index (χ3n) is 5.86. The normalized spacial score (nSPS) is 15.8. The number of carbonyl (C=O) groups is 2. The molecule has 0 radical (unpaired) electrons. The van der Waals surface area contributed by atoms with Crippen LogP contribution in [0.1, 0.15) is 58.5 Å². The molecule has 0 aliphatic carbocycles. The molecule has 176 valence electrons. The summed E-state index contributed by atoms with van der Waals surface area (Å²) in [4.78, 5) is 28.8. The van der Waals surface area contributed by atoms with E-state index in [1.807, 2.05) is 61.2 Å². The quantitative estimate of drug-likeness (QED) is 0.748. The molecule has 6 nitrogen and oxygen atoms in total. The maximum Gasteiger partial charge on any atom is 0.253 e. The SMILES string of the molecule is CCN(CC)C(=O)c1ccc(/C2=C/CCCNCCOc3ccc(C(=O)N(C)C)cc32)cc1. The number of hydrogen-bond acceptors (Lipinski definition) is 4. The molecule has 0 bridgehead atoms. The molecule has 2 aromatic carbocycles. The van der Waals surface area contributed by atoms with Crippen LogP contribution in [0.25, 0.3) is 5.57 Å². The van der Waals surface area contributed by atoms with Crippen molar-refractivity contribution in [1.82, 2.24) is 15.1 Å². The van der Waals surface area contributed by atoms with Gasteiger partial charge in [0, 0.05) is 50.4 Å². The van der Waals surface area contributed by atoms with Gasteiger partial charge < -0.3 is 19.9 Å². The van der Waals surface area contributed by atoms with E-state index in [0.717, 1.165) is 48.4 Å². The van der Waals surface area contributed by atoms with Crippen molar-refractivity contribution in [3.05, 3.63) is 70.8 Å². The lowest BCUT2D eigenvalue weighted by atomic mass is 9.93. The van der Waals surface area contributed by atoms with Crippen LogP contribution in [0.5, 0.6) is 5.75 Å². The first-order chi connectivity index (χ1) is 16.0. The van der Waals surface area contributed by atoms with Crippen LogP contribution in [0.3, 0.4) is 0 Å². The summed E-state index contributed by atoms with van der Waals surface area (Å²) in [5.41, 5.74) is 4.21. The van der Waals surface area contributed by atoms with E-state index in [1.165, 1.54) is 0 Å². The number of fused-ring (bicyclic) bond motifs is 1. The standard InChI is InChI=1S/C27H35N3O3/c1-5-30(6-2)27(32)21-12-10-20(11-13-21)23-9-7-8-16-28-17-18-33-25-15-14-22(19-24(23)25)26(31)29(3)4/h9-15,19,28H,5-8,16-18H2,1-4H3/b23-9-. The molecule has 1 N–H and O–H groups in total. The Balaban J connectivity index is 2.05. The van der Waals surface area contributed by atoms with E-state index in [2.05, 4.69) is 11.4 Å². The van der Waals surface area contributed by atoms with Crippen LogP contribution in [0.15, 0.2) is 48.5 Å². The Kier molecular flexibility index (Phi) is 8.66. The first-order valence-corrected chi connectivity index (χ1v) is 11.8. The predicted molar refractivity (Wildman–Crippen MR) is 133 cm³/mol. The number of hydrogen-bond donors (Lipinski definition) is 1. The van der Waals surface area contributed by atoms with Gasteiger partial charge in [0.15, 0.2) is 0 Å². The van der Waals surface area contributed by atoms with E-state index in [1.54, 1.807) is 19.0 Å². The van der Waals surface area contributed by atoms with Gasteiger partial charge in [-0.1, -0.05) is 18.2 Å². The molecule has 0 unspecified atom stereocenters. The number of amides is 2. The molecule has 2 aromatic rings. The molecule has 0 saturated heterocycles. The molecule has 33 heavy (non-hydrogen) atoms. The molecule has 0 atom stereocenters. The Morgan fingerprint density at radius 1 is 0.939 bits per heavy atom. The number of allylic oxidation sites excluding steroid dienone is 1. The van der Waals surface area contributed by atoms with Crippen LogP contribution < -0.4 is 10.1 Å². The number of ether oxygens (including phenoxy) is 1. The molecule has 3 rings (SSSR count). The minimum Gasteiger partial charge on any atom is -0.492 e. The first-order valence-electron chi connectivity index (χ1n) is 11.8. The van der Waals surface area contributed by atoms with E-state index >= 15 is 0 Å². The average Bonchev–Trinajstić information content (AvgIpc) is 2.88. The topological polar surface area (TPSA) is 61.9 Å². The zero-order chi connectivity index (χ0) is 23.8. The summed E-state index contributed by atoms with van der Waals surface area (Å²) in [6.07, 6.45) is 4.11. The van der Waals surface area contributed by atoms with Gasteiger partial charge in [0.05, 0.1) is 0 Å². The Labute approximate surface area is 197 Å². The highest BCUT2D eigenvalue weighted by Gasteiger charge is 2.18. The summed E-state index contributed by atoms with van der Waals surface area (Å²) in [7, 11) is 3.51. The maximum atomic E-state index is 12.7. The summed E-state index contributed by atoms with van der Waals surface area (Å²) in [5, 5.41) is 3.40. The van der Waals surface area contributed by atoms with E-state index in [-0.39, 0.29) is 11.8 Å². The lowest BCUT2D eigenvalue weighted by Gasteiger charge is -2.19. The molecule has 6 heteroatoms. The number of nitrogens with zero attached hydrogens (tertiary/aromatic N) is 2. The van der Waals surface area contributed by atoms with Crippen molar-refractivity contribution < 1.29 is 14.3 Å². The van der Waals surface area contributed by atoms with Gasteiger partial charge in [0.25, 0.3) is 11.8 Å². The van der Waals surface area contributed by atoms with Crippen molar-refractivity contribution in [2.24, 2.45) is 0 Å². The van der Waals surface area contributed by atoms with Gasteiger partial charge in [0.2, 0.25) is 0 Å². The lowest BCUT2D eigenvalue weighted by Crippen LogP contribution is -2.30. The highest BCUT2D eigenvalue weighted by Crippen LogP contribution is 2.33. The largest absolute Gasteiger partial charge is 0.492 e. The zero-order valence-electron chi connectivity index (χ0n) is 20.2. The summed E-state index contributed by atoms with van der Waals surface area (Å²) in [5.74, 6) is 0.744. The van der Waals surface area contributed by atoms with Gasteiger partial charge in [-0.15, -0.1) is 0 Å². The predicted octanol–water partition coefficient (Wildman–Crippen LogP) is 4.06. The second-order valence-electron chi connectivity index (χ2n) is 8.32. The van der Waals surface area contributed by atoms with Crippen LogP contribution in [0.4, 0.5) is 0 Å². The Hall–Kier alpha value is -3.12. The number of carbonyl (C=O) groups excluding carboxylic acids is 2. The Morgan fingerprint density at radius 3 is 2.30 bits per heavy atom. The van der Waals surface area contributed by atoms with Crippen LogP contribution in [0.2, 0.25) is 0 Å². The zero-order valence-corrected chi connectivity index (χ0v) is 20.2. The smallest absolute Gasteiger partial charge is 0.253 e. The van der Waals surface area contributed by atoms with Crippen molar-refractivity contribution >= 4 is 17.4 Å². The van der Waals surface area contributed by atoms with Crippen molar-refractivity contribution in [3.8, 4) is 5.75 Å². The average molecular weight is 450 g/mol. The van der Waals surface area contributed by atoms with Crippen molar-refractivity contribution in [2.45, 2.75) is 26.7 Å². The van der Waals surface area contributed by atoms with Crippen molar-refractivity contribution in [1.29, 1.82) is 0 Å². The molecular formula is C27H35N3O3. The van der Waals surface area contributed by atoms with Crippen LogP contribution in [-0.4, -0.2) is 68.5 Å². The van der Waals surface area contributed by atoms with E-state index in [9.17, 15) is 9.59 Å². The first kappa shape index (κ1) is 24.5. The van der Waals surface area contributed by atoms with E-state index in [0.29, 0.717) is 30.8 Å². The fourth-order valence-electron chi connectivity index (χ4n) is 3.96. The van der Waals surface area contributed by atoms with Gasteiger partial charge in [-0.3, -0.25) is 9.59 Å². The Bertz CT molecular complexity index is 992. The van der Waals surface area contributed by atoms with Gasteiger partial charge in [-0.05, 0) is 74.7 Å². The monoisotopic (exact) mass is 449 g/mol. The maximum absolute atomic E-state index is 12.7. The third kappa shape index (κ3) is 6.02. The molecular weight excluding hydrogens is 414 g/mol.